The molecule has 1 unspecified atom stereocenters. The molecule has 0 aliphatic carbocycles. The fraction of sp³-hybridized carbons (Fsp3) is 0.800. The van der Waals surface area contributed by atoms with E-state index in [9.17, 15) is 4.79 Å². The molecule has 1 rings (SSSR count). The van der Waals surface area contributed by atoms with E-state index < -0.39 is 0 Å². The minimum atomic E-state index is -0.117. The van der Waals surface area contributed by atoms with Crippen LogP contribution < -0.4 is 5.69 Å². The Hall–Kier alpha value is -0.360. The van der Waals surface area contributed by atoms with Gasteiger partial charge >= 0.3 is 5.69 Å². The van der Waals surface area contributed by atoms with Gasteiger partial charge in [0.1, 0.15) is 0 Å². The summed E-state index contributed by atoms with van der Waals surface area (Å²) in [4.78, 5) is 11.3. The molecule has 92 valence electrons. The molecule has 1 aromatic rings. The lowest BCUT2D eigenvalue weighted by Gasteiger charge is -2.08. The van der Waals surface area contributed by atoms with Crippen LogP contribution in [-0.4, -0.2) is 26.3 Å². The minimum absolute atomic E-state index is 0.117. The molecule has 1 N–H and O–H groups in total. The van der Waals surface area contributed by atoms with Crippen molar-refractivity contribution in [3.8, 4) is 0 Å². The van der Waals surface area contributed by atoms with Crippen LogP contribution in [-0.2, 0) is 6.54 Å². The first kappa shape index (κ1) is 13.7. The van der Waals surface area contributed by atoms with E-state index in [1.54, 1.807) is 16.3 Å². The lowest BCUT2D eigenvalue weighted by Crippen LogP contribution is -2.16. The van der Waals surface area contributed by atoms with Gasteiger partial charge in [-0.3, -0.25) is 4.57 Å². The Bertz CT molecular complexity index is 361. The summed E-state index contributed by atoms with van der Waals surface area (Å²) < 4.78 is 1.66. The van der Waals surface area contributed by atoms with Gasteiger partial charge in [0.2, 0.25) is 0 Å². The molecule has 0 saturated heterocycles. The number of aromatic amines is 1. The third-order valence-electron chi connectivity index (χ3n) is 2.50. The van der Waals surface area contributed by atoms with Crippen LogP contribution >= 0.6 is 24.4 Å². The predicted octanol–water partition coefficient (Wildman–Crippen LogP) is 2.03. The largest absolute Gasteiger partial charge is 0.343 e. The lowest BCUT2D eigenvalue weighted by molar-refractivity contribution is 0.553. The zero-order valence-electron chi connectivity index (χ0n) is 9.77. The Labute approximate surface area is 106 Å². The van der Waals surface area contributed by atoms with E-state index in [1.165, 1.54) is 0 Å². The molecule has 0 amide bonds. The van der Waals surface area contributed by atoms with Gasteiger partial charge in [-0.05, 0) is 31.4 Å². The SMILES string of the molecule is CCn1c(SCCC(C)CCS)n[nH]c1=O. The zero-order chi connectivity index (χ0) is 12.0. The number of nitrogens with zero attached hydrogens (tertiary/aromatic N) is 2. The number of thiol groups is 1. The van der Waals surface area contributed by atoms with Crippen LogP contribution in [0.3, 0.4) is 0 Å². The second kappa shape index (κ2) is 7.06. The van der Waals surface area contributed by atoms with Crippen LogP contribution in [0, 0.1) is 5.92 Å². The molecule has 0 aromatic carbocycles. The molecule has 1 atom stereocenters. The number of aromatic nitrogens is 3. The first-order valence-electron chi connectivity index (χ1n) is 5.57. The minimum Gasteiger partial charge on any atom is -0.270 e. The summed E-state index contributed by atoms with van der Waals surface area (Å²) in [6.07, 6.45) is 2.28. The second-order valence-corrected chi connectivity index (χ2v) is 5.32. The predicted molar refractivity (Wildman–Crippen MR) is 71.5 cm³/mol. The first-order valence-corrected chi connectivity index (χ1v) is 7.19. The van der Waals surface area contributed by atoms with Gasteiger partial charge in [-0.1, -0.05) is 18.7 Å². The molecule has 0 bridgehead atoms. The normalized spacial score (nSPS) is 12.9. The highest BCUT2D eigenvalue weighted by Gasteiger charge is 2.07. The lowest BCUT2D eigenvalue weighted by atomic mass is 10.1. The molecular formula is C10H19N3OS2. The number of hydrogen-bond acceptors (Lipinski definition) is 4. The van der Waals surface area contributed by atoms with E-state index in [4.69, 9.17) is 0 Å². The Kier molecular flexibility index (Phi) is 6.05. The number of nitrogens with one attached hydrogen (secondary N) is 1. The average Bonchev–Trinajstić information content (AvgIpc) is 2.60. The standard InChI is InChI=1S/C10H19N3OS2/c1-3-13-9(14)11-12-10(13)16-7-5-8(2)4-6-15/h8,15H,3-7H2,1-2H3,(H,11,14). The summed E-state index contributed by atoms with van der Waals surface area (Å²) in [5.74, 6) is 2.62. The molecule has 0 radical (unpaired) electrons. The number of hydrogen-bond donors (Lipinski definition) is 2. The van der Waals surface area contributed by atoms with Gasteiger partial charge in [0.15, 0.2) is 5.16 Å². The van der Waals surface area contributed by atoms with Crippen LogP contribution in [0.2, 0.25) is 0 Å². The molecule has 0 spiro atoms. The fourth-order valence-electron chi connectivity index (χ4n) is 1.41. The van der Waals surface area contributed by atoms with E-state index in [2.05, 4.69) is 29.7 Å². The monoisotopic (exact) mass is 261 g/mol. The zero-order valence-corrected chi connectivity index (χ0v) is 11.5. The summed E-state index contributed by atoms with van der Waals surface area (Å²) in [7, 11) is 0. The van der Waals surface area contributed by atoms with Gasteiger partial charge in [0.05, 0.1) is 0 Å². The van der Waals surface area contributed by atoms with E-state index in [0.717, 1.165) is 29.5 Å². The van der Waals surface area contributed by atoms with Crippen LogP contribution in [0.1, 0.15) is 26.7 Å². The highest BCUT2D eigenvalue weighted by Crippen LogP contribution is 2.18. The van der Waals surface area contributed by atoms with Crippen LogP contribution in [0.5, 0.6) is 0 Å². The third-order valence-corrected chi connectivity index (χ3v) is 3.77. The maximum atomic E-state index is 11.3. The summed E-state index contributed by atoms with van der Waals surface area (Å²) in [6.45, 7) is 4.85. The number of H-pyrrole nitrogens is 1. The van der Waals surface area contributed by atoms with Crippen molar-refractivity contribution in [2.75, 3.05) is 11.5 Å². The smallest absolute Gasteiger partial charge is 0.270 e. The average molecular weight is 261 g/mol. The Morgan fingerprint density at radius 3 is 2.94 bits per heavy atom. The molecule has 0 aliphatic heterocycles. The molecular weight excluding hydrogens is 242 g/mol. The second-order valence-electron chi connectivity index (χ2n) is 3.81. The Morgan fingerprint density at radius 2 is 2.31 bits per heavy atom. The van der Waals surface area contributed by atoms with Gasteiger partial charge in [-0.15, -0.1) is 5.10 Å². The number of thioether (sulfide) groups is 1. The molecule has 1 heterocycles. The third kappa shape index (κ3) is 3.90. The molecule has 0 aliphatic rings. The van der Waals surface area contributed by atoms with Crippen molar-refractivity contribution in [2.24, 2.45) is 5.92 Å². The van der Waals surface area contributed by atoms with Crippen LogP contribution in [0.25, 0.3) is 0 Å². The summed E-state index contributed by atoms with van der Waals surface area (Å²) >= 11 is 5.86. The van der Waals surface area contributed by atoms with E-state index in [0.29, 0.717) is 12.5 Å². The van der Waals surface area contributed by atoms with Gasteiger partial charge in [-0.25, -0.2) is 9.89 Å². The summed E-state index contributed by atoms with van der Waals surface area (Å²) in [5.41, 5.74) is -0.117. The molecule has 0 saturated carbocycles. The van der Waals surface area contributed by atoms with Crippen molar-refractivity contribution in [1.82, 2.24) is 14.8 Å². The topological polar surface area (TPSA) is 50.7 Å². The van der Waals surface area contributed by atoms with Crippen molar-refractivity contribution in [3.63, 3.8) is 0 Å². The quantitative estimate of drug-likeness (QED) is 0.583. The van der Waals surface area contributed by atoms with Crippen molar-refractivity contribution in [3.05, 3.63) is 10.5 Å². The molecule has 16 heavy (non-hydrogen) atoms. The Morgan fingerprint density at radius 1 is 1.56 bits per heavy atom. The van der Waals surface area contributed by atoms with Crippen LogP contribution in [0.4, 0.5) is 0 Å². The van der Waals surface area contributed by atoms with Gasteiger partial charge in [0, 0.05) is 12.3 Å². The Balaban J connectivity index is 2.40. The van der Waals surface area contributed by atoms with Crippen molar-refractivity contribution >= 4 is 24.4 Å². The molecule has 4 nitrogen and oxygen atoms in total. The first-order chi connectivity index (χ1) is 7.69. The molecule has 0 fully saturated rings. The highest BCUT2D eigenvalue weighted by atomic mass is 32.2. The van der Waals surface area contributed by atoms with Gasteiger partial charge in [-0.2, -0.15) is 12.6 Å². The number of rotatable bonds is 7. The molecule has 1 aromatic heterocycles. The van der Waals surface area contributed by atoms with Crippen molar-refractivity contribution < 1.29 is 0 Å². The van der Waals surface area contributed by atoms with E-state index in [1.807, 2.05) is 6.92 Å². The van der Waals surface area contributed by atoms with Crippen LogP contribution in [0.15, 0.2) is 9.95 Å². The van der Waals surface area contributed by atoms with Gasteiger partial charge < -0.3 is 0 Å². The van der Waals surface area contributed by atoms with Crippen molar-refractivity contribution in [1.29, 1.82) is 0 Å². The van der Waals surface area contributed by atoms with E-state index >= 15 is 0 Å². The molecule has 6 heteroatoms. The summed E-state index contributed by atoms with van der Waals surface area (Å²) in [6, 6.07) is 0. The maximum Gasteiger partial charge on any atom is 0.343 e. The van der Waals surface area contributed by atoms with E-state index in [-0.39, 0.29) is 5.69 Å². The van der Waals surface area contributed by atoms with Crippen molar-refractivity contribution in [2.45, 2.75) is 38.4 Å². The maximum absolute atomic E-state index is 11.3. The highest BCUT2D eigenvalue weighted by molar-refractivity contribution is 7.99. The summed E-state index contributed by atoms with van der Waals surface area (Å²) in [5, 5.41) is 7.28. The fourth-order valence-corrected chi connectivity index (χ4v) is 3.03. The van der Waals surface area contributed by atoms with Gasteiger partial charge in [0.25, 0.3) is 0 Å².